The first-order valence-electron chi connectivity index (χ1n) is 9.08. The van der Waals surface area contributed by atoms with E-state index in [1.165, 1.54) is 18.3 Å². The Morgan fingerprint density at radius 3 is 2.36 bits per heavy atom. The fraction of sp³-hybridized carbons (Fsp3) is 0.318. The molecule has 1 aliphatic rings. The van der Waals surface area contributed by atoms with Crippen LogP contribution < -0.4 is 9.64 Å². The number of benzene rings is 2. The van der Waals surface area contributed by atoms with E-state index in [-0.39, 0.29) is 0 Å². The molecule has 6 heteroatoms. The number of rotatable bonds is 5. The monoisotopic (exact) mass is 388 g/mol. The third-order valence-electron chi connectivity index (χ3n) is 5.34. The van der Waals surface area contributed by atoms with Crippen LogP contribution in [0, 0.1) is 5.41 Å². The van der Waals surface area contributed by atoms with Gasteiger partial charge in [-0.25, -0.2) is 0 Å². The van der Waals surface area contributed by atoms with Crippen molar-refractivity contribution in [3.05, 3.63) is 70.9 Å². The van der Waals surface area contributed by atoms with E-state index in [1.807, 2.05) is 25.1 Å². The number of nitrogens with one attached hydrogen (secondary N) is 1. The van der Waals surface area contributed by atoms with Crippen molar-refractivity contribution in [2.45, 2.75) is 31.9 Å². The highest BCUT2D eigenvalue weighted by atomic mass is 19.4. The summed E-state index contributed by atoms with van der Waals surface area (Å²) in [6.07, 6.45) is -0.812. The maximum atomic E-state index is 12.9. The number of anilines is 1. The molecule has 0 saturated carbocycles. The molecule has 2 aromatic rings. The molecule has 0 fully saturated rings. The van der Waals surface area contributed by atoms with E-state index in [0.717, 1.165) is 46.9 Å². The molecule has 148 valence electrons. The van der Waals surface area contributed by atoms with Crippen molar-refractivity contribution >= 4 is 11.9 Å². The zero-order valence-electron chi connectivity index (χ0n) is 16.1. The van der Waals surface area contributed by atoms with Crippen molar-refractivity contribution in [2.75, 3.05) is 18.6 Å². The minimum absolute atomic E-state index is 0.489. The molecule has 1 unspecified atom stereocenters. The molecule has 0 bridgehead atoms. The van der Waals surface area contributed by atoms with Crippen molar-refractivity contribution in [1.29, 1.82) is 5.41 Å². The number of methoxy groups -OCH3 is 1. The van der Waals surface area contributed by atoms with Crippen molar-refractivity contribution < 1.29 is 17.9 Å². The average Bonchev–Trinajstić information content (AvgIpc) is 2.89. The largest absolute Gasteiger partial charge is 0.497 e. The Labute approximate surface area is 162 Å². The van der Waals surface area contributed by atoms with Crippen molar-refractivity contribution in [1.82, 2.24) is 0 Å². The molecule has 1 aliphatic heterocycles. The number of nitrogens with zero attached hydrogens (tertiary/aromatic N) is 1. The van der Waals surface area contributed by atoms with Crippen LogP contribution >= 0.6 is 0 Å². The molecule has 1 atom stereocenters. The number of hydrogen-bond acceptors (Lipinski definition) is 3. The lowest BCUT2D eigenvalue weighted by Gasteiger charge is -2.30. The first-order chi connectivity index (χ1) is 13.2. The molecule has 3 nitrogen and oxygen atoms in total. The van der Waals surface area contributed by atoms with Gasteiger partial charge in [0.25, 0.3) is 0 Å². The number of halogens is 3. The molecular formula is C22H23F3N2O. The van der Waals surface area contributed by atoms with Crippen molar-refractivity contribution in [2.24, 2.45) is 0 Å². The quantitative estimate of drug-likeness (QED) is 0.678. The summed E-state index contributed by atoms with van der Waals surface area (Å²) in [5, 5.41) is 7.59. The van der Waals surface area contributed by atoms with Crippen LogP contribution in [0.5, 0.6) is 5.75 Å². The van der Waals surface area contributed by atoms with Gasteiger partial charge >= 0.3 is 6.18 Å². The number of hydrogen-bond donors (Lipinski definition) is 1. The Kier molecular flexibility index (Phi) is 5.24. The molecule has 3 rings (SSSR count). The van der Waals surface area contributed by atoms with E-state index in [0.29, 0.717) is 6.42 Å². The lowest BCUT2D eigenvalue weighted by Crippen LogP contribution is -2.30. The molecule has 0 amide bonds. The number of likely N-dealkylation sites (N-methyl/N-ethyl adjacent to an activating group) is 1. The van der Waals surface area contributed by atoms with Gasteiger partial charge in [-0.1, -0.05) is 12.1 Å². The molecule has 0 aliphatic carbocycles. The third-order valence-corrected chi connectivity index (χ3v) is 5.34. The van der Waals surface area contributed by atoms with E-state index in [4.69, 9.17) is 10.1 Å². The second-order valence-electron chi connectivity index (χ2n) is 7.05. The molecule has 1 heterocycles. The maximum absolute atomic E-state index is 12.9. The summed E-state index contributed by atoms with van der Waals surface area (Å²) in [5.74, 6) is 0.726. The molecule has 28 heavy (non-hydrogen) atoms. The third kappa shape index (κ3) is 3.39. The lowest BCUT2D eigenvalue weighted by atomic mass is 9.76. The molecular weight excluding hydrogens is 365 g/mol. The van der Waals surface area contributed by atoms with Crippen LogP contribution in [0.3, 0.4) is 0 Å². The zero-order chi connectivity index (χ0) is 20.5. The Balaban J connectivity index is 2.08. The Bertz CT molecular complexity index is 903. The maximum Gasteiger partial charge on any atom is 0.416 e. The molecule has 0 radical (unpaired) electrons. The molecule has 2 aromatic carbocycles. The topological polar surface area (TPSA) is 36.3 Å². The highest BCUT2D eigenvalue weighted by Crippen LogP contribution is 2.50. The summed E-state index contributed by atoms with van der Waals surface area (Å²) in [6.45, 7) is 4.82. The second kappa shape index (κ2) is 7.34. The summed E-state index contributed by atoms with van der Waals surface area (Å²) in [4.78, 5) is 2.14. The summed E-state index contributed by atoms with van der Waals surface area (Å²) in [5.41, 5.74) is 2.69. The van der Waals surface area contributed by atoms with Crippen LogP contribution in [-0.4, -0.2) is 19.9 Å². The van der Waals surface area contributed by atoms with Crippen LogP contribution in [0.15, 0.2) is 54.2 Å². The van der Waals surface area contributed by atoms with Gasteiger partial charge in [0.15, 0.2) is 0 Å². The first-order valence-corrected chi connectivity index (χ1v) is 9.08. The summed E-state index contributed by atoms with van der Waals surface area (Å²) < 4.78 is 44.0. The second-order valence-corrected chi connectivity index (χ2v) is 7.05. The van der Waals surface area contributed by atoms with Gasteiger partial charge in [-0.3, -0.25) is 0 Å². The van der Waals surface area contributed by atoms with Gasteiger partial charge in [0.2, 0.25) is 0 Å². The van der Waals surface area contributed by atoms with Crippen LogP contribution in [0.2, 0.25) is 0 Å². The molecule has 0 spiro atoms. The minimum atomic E-state index is -4.35. The minimum Gasteiger partial charge on any atom is -0.497 e. The van der Waals surface area contributed by atoms with Gasteiger partial charge < -0.3 is 15.0 Å². The van der Waals surface area contributed by atoms with Crippen molar-refractivity contribution in [3.8, 4) is 5.75 Å². The Morgan fingerprint density at radius 2 is 1.82 bits per heavy atom. The predicted octanol–water partition coefficient (Wildman–Crippen LogP) is 5.59. The molecule has 1 N–H and O–H groups in total. The fourth-order valence-corrected chi connectivity index (χ4v) is 3.98. The smallest absolute Gasteiger partial charge is 0.416 e. The lowest BCUT2D eigenvalue weighted by molar-refractivity contribution is -0.137. The van der Waals surface area contributed by atoms with Gasteiger partial charge in [-0.15, -0.1) is 0 Å². The highest BCUT2D eigenvalue weighted by molar-refractivity contribution is 5.79. The van der Waals surface area contributed by atoms with Crippen LogP contribution in [-0.2, 0) is 18.0 Å². The molecule has 0 aromatic heterocycles. The van der Waals surface area contributed by atoms with E-state index in [1.54, 1.807) is 13.2 Å². The van der Waals surface area contributed by atoms with E-state index < -0.39 is 17.2 Å². The highest BCUT2D eigenvalue weighted by Gasteiger charge is 2.43. The number of allylic oxidation sites excluding steroid dienone is 2. The predicted molar refractivity (Wildman–Crippen MR) is 105 cm³/mol. The van der Waals surface area contributed by atoms with E-state index in [9.17, 15) is 13.2 Å². The number of fused-ring (bicyclic) bond motifs is 1. The zero-order valence-corrected chi connectivity index (χ0v) is 16.1. The summed E-state index contributed by atoms with van der Waals surface area (Å²) >= 11 is 0. The van der Waals surface area contributed by atoms with Gasteiger partial charge in [-0.2, -0.15) is 13.2 Å². The Hall–Kier alpha value is -2.76. The van der Waals surface area contributed by atoms with Crippen LogP contribution in [0.4, 0.5) is 18.9 Å². The van der Waals surface area contributed by atoms with Gasteiger partial charge in [0.05, 0.1) is 12.7 Å². The van der Waals surface area contributed by atoms with Crippen molar-refractivity contribution in [3.63, 3.8) is 0 Å². The fourth-order valence-electron chi connectivity index (χ4n) is 3.98. The van der Waals surface area contributed by atoms with Gasteiger partial charge in [0.1, 0.15) is 5.75 Å². The van der Waals surface area contributed by atoms with Gasteiger partial charge in [0, 0.05) is 29.6 Å². The van der Waals surface area contributed by atoms with Gasteiger partial charge in [-0.05, 0) is 67.8 Å². The van der Waals surface area contributed by atoms with E-state index in [2.05, 4.69) is 11.8 Å². The summed E-state index contributed by atoms with van der Waals surface area (Å²) in [7, 11) is 1.61. The first kappa shape index (κ1) is 20.0. The van der Waals surface area contributed by atoms with Crippen LogP contribution in [0.1, 0.15) is 30.5 Å². The number of ether oxygens (including phenoxy) is 1. The van der Waals surface area contributed by atoms with E-state index >= 15 is 0 Å². The van der Waals surface area contributed by atoms with Crippen LogP contribution in [0.25, 0.3) is 0 Å². The normalized spacial score (nSPS) is 20.4. The Morgan fingerprint density at radius 1 is 1.14 bits per heavy atom. The SMILES string of the molecule is CCN1/C(=C\C=N)C(C)(Cc2ccc(C(F)(F)F)cc2)c2cc(OC)ccc21. The number of alkyl halides is 3. The average molecular weight is 388 g/mol. The standard InChI is InChI=1S/C22H23F3N2O/c1-4-27-19-10-9-17(28-3)13-18(19)21(2,20(27)11-12-26)14-15-5-7-16(8-6-15)22(23,24)25/h5-13,26H,4,14H2,1-3H3/b20-11-,26-12?. The molecule has 0 saturated heterocycles. The summed E-state index contributed by atoms with van der Waals surface area (Å²) in [6, 6.07) is 11.2.